The van der Waals surface area contributed by atoms with E-state index in [-0.39, 0.29) is 11.3 Å². The van der Waals surface area contributed by atoms with Gasteiger partial charge in [-0.1, -0.05) is 12.1 Å². The fourth-order valence-electron chi connectivity index (χ4n) is 1.41. The number of amides is 1. The molecule has 0 saturated heterocycles. The minimum atomic E-state index is -0.410. The molecule has 1 heterocycles. The number of H-pyrrole nitrogens is 1. The predicted octanol–water partition coefficient (Wildman–Crippen LogP) is 2.37. The van der Waals surface area contributed by atoms with Gasteiger partial charge in [-0.25, -0.2) is 0 Å². The monoisotopic (exact) mass is 230 g/mol. The van der Waals surface area contributed by atoms with Gasteiger partial charge in [-0.2, -0.15) is 5.10 Å². The molecule has 1 aromatic carbocycles. The molecule has 6 nitrogen and oxygen atoms in total. The van der Waals surface area contributed by atoms with Gasteiger partial charge >= 0.3 is 0 Å². The van der Waals surface area contributed by atoms with E-state index in [4.69, 9.17) is 0 Å². The molecular formula is C11H10N4O2. The summed E-state index contributed by atoms with van der Waals surface area (Å²) < 4.78 is 0. The topological polar surface area (TPSA) is 87.2 Å². The van der Waals surface area contributed by atoms with Crippen LogP contribution in [0, 0.1) is 11.8 Å². The van der Waals surface area contributed by atoms with Crippen LogP contribution in [-0.2, 0) is 0 Å². The Morgan fingerprint density at radius 1 is 1.41 bits per heavy atom. The van der Waals surface area contributed by atoms with Crippen LogP contribution in [0.3, 0.4) is 0 Å². The minimum absolute atomic E-state index is 0.109. The number of aromatic nitrogens is 2. The van der Waals surface area contributed by atoms with Crippen LogP contribution < -0.4 is 5.32 Å². The van der Waals surface area contributed by atoms with Crippen LogP contribution in [0.2, 0.25) is 0 Å². The van der Waals surface area contributed by atoms with Crippen LogP contribution in [0.1, 0.15) is 16.1 Å². The third-order valence-corrected chi connectivity index (χ3v) is 2.19. The number of hydrogen-bond donors (Lipinski definition) is 2. The summed E-state index contributed by atoms with van der Waals surface area (Å²) >= 11 is 0. The zero-order chi connectivity index (χ0) is 12.3. The zero-order valence-corrected chi connectivity index (χ0v) is 9.10. The molecule has 2 N–H and O–H groups in total. The van der Waals surface area contributed by atoms with Crippen LogP contribution in [-0.4, -0.2) is 16.1 Å². The Labute approximate surface area is 97.0 Å². The summed E-state index contributed by atoms with van der Waals surface area (Å²) in [5, 5.41) is 11.9. The molecule has 6 heteroatoms. The largest absolute Gasteiger partial charge is 0.305 e. The molecule has 0 aliphatic rings. The number of anilines is 1. The fraction of sp³-hybridized carbons (Fsp3) is 0.0909. The average molecular weight is 230 g/mol. The van der Waals surface area contributed by atoms with E-state index in [0.717, 1.165) is 5.69 Å². The highest BCUT2D eigenvalue weighted by Crippen LogP contribution is 2.19. The lowest BCUT2D eigenvalue weighted by molar-refractivity contribution is 0.102. The molecule has 1 amide bonds. The first kappa shape index (κ1) is 11.0. The highest BCUT2D eigenvalue weighted by molar-refractivity contribution is 6.07. The van der Waals surface area contributed by atoms with Crippen LogP contribution in [0.15, 0.2) is 35.5 Å². The molecule has 0 spiro atoms. The molecule has 17 heavy (non-hydrogen) atoms. The van der Waals surface area contributed by atoms with Crippen molar-refractivity contribution in [1.82, 2.24) is 10.2 Å². The Bertz CT molecular complexity index is 562. The van der Waals surface area contributed by atoms with Crippen LogP contribution in [0.4, 0.5) is 11.5 Å². The van der Waals surface area contributed by atoms with E-state index in [1.54, 1.807) is 18.2 Å². The van der Waals surface area contributed by atoms with Gasteiger partial charge in [0.05, 0.1) is 5.56 Å². The molecule has 0 aliphatic carbocycles. The number of aryl methyl sites for hydroxylation is 1. The lowest BCUT2D eigenvalue weighted by atomic mass is 10.1. The second kappa shape index (κ2) is 4.56. The third-order valence-electron chi connectivity index (χ3n) is 2.19. The molecule has 2 rings (SSSR count). The van der Waals surface area contributed by atoms with Crippen molar-refractivity contribution in [3.8, 4) is 0 Å². The van der Waals surface area contributed by atoms with E-state index in [2.05, 4.69) is 20.7 Å². The van der Waals surface area contributed by atoms with Crippen molar-refractivity contribution < 1.29 is 4.79 Å². The van der Waals surface area contributed by atoms with E-state index >= 15 is 0 Å². The molecule has 0 unspecified atom stereocenters. The van der Waals surface area contributed by atoms with Gasteiger partial charge in [0, 0.05) is 11.8 Å². The molecule has 1 aromatic heterocycles. The minimum Gasteiger partial charge on any atom is -0.305 e. The zero-order valence-electron chi connectivity index (χ0n) is 9.10. The van der Waals surface area contributed by atoms with Gasteiger partial charge in [-0.3, -0.25) is 9.89 Å². The average Bonchev–Trinajstić information content (AvgIpc) is 2.74. The standard InChI is InChI=1S/C11H10N4O2/c1-7-6-10(14-13-7)12-11(16)8-4-2-3-5-9(8)15-17/h2-6H,1H3,(H2,12,13,14,16). The van der Waals surface area contributed by atoms with Crippen molar-refractivity contribution in [2.45, 2.75) is 6.92 Å². The summed E-state index contributed by atoms with van der Waals surface area (Å²) in [4.78, 5) is 22.4. The summed E-state index contributed by atoms with van der Waals surface area (Å²) in [6.07, 6.45) is 0. The predicted molar refractivity (Wildman–Crippen MR) is 63.2 cm³/mol. The quantitative estimate of drug-likeness (QED) is 0.793. The molecule has 0 atom stereocenters. The molecular weight excluding hydrogens is 220 g/mol. The Morgan fingerprint density at radius 2 is 2.18 bits per heavy atom. The van der Waals surface area contributed by atoms with Crippen LogP contribution in [0.5, 0.6) is 0 Å². The third kappa shape index (κ3) is 2.36. The summed E-state index contributed by atoms with van der Waals surface area (Å²) in [7, 11) is 0. The Morgan fingerprint density at radius 3 is 2.82 bits per heavy atom. The van der Waals surface area contributed by atoms with Crippen LogP contribution >= 0.6 is 0 Å². The number of nitroso groups, excluding NO2 is 1. The van der Waals surface area contributed by atoms with Gasteiger partial charge in [-0.15, -0.1) is 4.91 Å². The van der Waals surface area contributed by atoms with E-state index in [1.807, 2.05) is 6.92 Å². The number of aromatic amines is 1. The Hall–Kier alpha value is -2.50. The van der Waals surface area contributed by atoms with Gasteiger partial charge in [0.15, 0.2) is 5.82 Å². The first-order valence-electron chi connectivity index (χ1n) is 4.96. The van der Waals surface area contributed by atoms with Gasteiger partial charge < -0.3 is 5.32 Å². The molecule has 0 aliphatic heterocycles. The SMILES string of the molecule is Cc1cc(NC(=O)c2ccccc2N=O)n[nH]1. The van der Waals surface area contributed by atoms with Crippen molar-refractivity contribution in [2.75, 3.05) is 5.32 Å². The van der Waals surface area contributed by atoms with Gasteiger partial charge in [-0.05, 0) is 24.2 Å². The summed E-state index contributed by atoms with van der Waals surface area (Å²) in [6.45, 7) is 1.82. The molecule has 0 bridgehead atoms. The molecule has 2 aromatic rings. The summed E-state index contributed by atoms with van der Waals surface area (Å²) in [5.74, 6) is -0.0000907. The van der Waals surface area contributed by atoms with Crippen molar-refractivity contribution in [3.05, 3.63) is 46.5 Å². The normalized spacial score (nSPS) is 9.94. The van der Waals surface area contributed by atoms with Gasteiger partial charge in [0.25, 0.3) is 5.91 Å². The van der Waals surface area contributed by atoms with Crippen molar-refractivity contribution in [2.24, 2.45) is 5.18 Å². The highest BCUT2D eigenvalue weighted by Gasteiger charge is 2.12. The van der Waals surface area contributed by atoms with Crippen molar-refractivity contribution in [1.29, 1.82) is 0 Å². The molecule has 0 saturated carbocycles. The van der Waals surface area contributed by atoms with Gasteiger partial charge in [0.2, 0.25) is 0 Å². The summed E-state index contributed by atoms with van der Waals surface area (Å²) in [6, 6.07) is 8.02. The number of rotatable bonds is 3. The number of benzene rings is 1. The maximum atomic E-state index is 11.8. The maximum absolute atomic E-state index is 11.8. The van der Waals surface area contributed by atoms with Gasteiger partial charge in [0.1, 0.15) is 5.69 Å². The van der Waals surface area contributed by atoms with E-state index in [9.17, 15) is 9.70 Å². The maximum Gasteiger partial charge on any atom is 0.259 e. The number of nitrogens with one attached hydrogen (secondary N) is 2. The van der Waals surface area contributed by atoms with E-state index < -0.39 is 5.91 Å². The van der Waals surface area contributed by atoms with Crippen LogP contribution in [0.25, 0.3) is 0 Å². The lowest BCUT2D eigenvalue weighted by Gasteiger charge is -2.02. The number of nitrogens with zero attached hydrogens (tertiary/aromatic N) is 2. The first-order valence-corrected chi connectivity index (χ1v) is 4.96. The summed E-state index contributed by atoms with van der Waals surface area (Å²) in [5.41, 5.74) is 1.17. The number of carbonyl (C=O) groups is 1. The first-order chi connectivity index (χ1) is 8.20. The molecule has 86 valence electrons. The molecule has 0 fully saturated rings. The van der Waals surface area contributed by atoms with E-state index in [0.29, 0.717) is 5.82 Å². The number of carbonyl (C=O) groups excluding carboxylic acids is 1. The lowest BCUT2D eigenvalue weighted by Crippen LogP contribution is -2.12. The Kier molecular flexibility index (Phi) is 2.95. The fourth-order valence-corrected chi connectivity index (χ4v) is 1.41. The van der Waals surface area contributed by atoms with Crippen molar-refractivity contribution >= 4 is 17.4 Å². The van der Waals surface area contributed by atoms with E-state index in [1.165, 1.54) is 12.1 Å². The second-order valence-electron chi connectivity index (χ2n) is 3.50. The highest BCUT2D eigenvalue weighted by atomic mass is 16.3. The van der Waals surface area contributed by atoms with Crippen molar-refractivity contribution in [3.63, 3.8) is 0 Å². The Balaban J connectivity index is 2.22. The molecule has 0 radical (unpaired) electrons. The second-order valence-corrected chi connectivity index (χ2v) is 3.50. The number of hydrogen-bond acceptors (Lipinski definition) is 4. The smallest absolute Gasteiger partial charge is 0.259 e.